The minimum Gasteiger partial charge on any atom is -0.347 e. The van der Waals surface area contributed by atoms with Crippen molar-refractivity contribution in [1.82, 2.24) is 10.2 Å². The molecule has 2 atom stereocenters. The van der Waals surface area contributed by atoms with Crippen LogP contribution in [0.4, 0.5) is 10.1 Å². The normalized spacial score (nSPS) is 22.6. The lowest BCUT2D eigenvalue weighted by atomic mass is 10.1. The SMILES string of the molecule is Cc1ccc(C(=O)NC2CS(=O)(=O)CC2N2CCCC2)cc1NC(=O)c1ccccc1F. The summed E-state index contributed by atoms with van der Waals surface area (Å²) in [5.74, 6) is -1.68. The number of halogens is 1. The van der Waals surface area contributed by atoms with E-state index in [9.17, 15) is 22.4 Å². The molecule has 0 aromatic heterocycles. The van der Waals surface area contributed by atoms with Crippen molar-refractivity contribution in [3.8, 4) is 0 Å². The van der Waals surface area contributed by atoms with Gasteiger partial charge in [-0.05, 0) is 62.7 Å². The summed E-state index contributed by atoms with van der Waals surface area (Å²) in [6.07, 6.45) is 2.06. The monoisotopic (exact) mass is 459 g/mol. The minimum atomic E-state index is -3.22. The predicted molar refractivity (Wildman–Crippen MR) is 120 cm³/mol. The summed E-state index contributed by atoms with van der Waals surface area (Å²) in [5, 5.41) is 5.55. The van der Waals surface area contributed by atoms with E-state index in [1.165, 1.54) is 24.3 Å². The van der Waals surface area contributed by atoms with E-state index in [-0.39, 0.29) is 23.1 Å². The third-order valence-electron chi connectivity index (χ3n) is 6.12. The molecule has 2 fully saturated rings. The molecule has 170 valence electrons. The molecule has 2 aliphatic rings. The maximum atomic E-state index is 13.9. The zero-order valence-corrected chi connectivity index (χ0v) is 18.6. The fraction of sp³-hybridized carbons (Fsp3) is 0.391. The maximum absolute atomic E-state index is 13.9. The fourth-order valence-corrected chi connectivity index (χ4v) is 6.34. The number of nitrogens with one attached hydrogen (secondary N) is 2. The maximum Gasteiger partial charge on any atom is 0.258 e. The number of anilines is 1. The summed E-state index contributed by atoms with van der Waals surface area (Å²) in [6, 6.07) is 9.79. The van der Waals surface area contributed by atoms with Crippen LogP contribution in [0.25, 0.3) is 0 Å². The highest BCUT2D eigenvalue weighted by Gasteiger charge is 2.42. The Hall–Kier alpha value is -2.78. The second kappa shape index (κ2) is 8.99. The van der Waals surface area contributed by atoms with Gasteiger partial charge in [-0.2, -0.15) is 0 Å². The van der Waals surface area contributed by atoms with Gasteiger partial charge >= 0.3 is 0 Å². The van der Waals surface area contributed by atoms with Crippen LogP contribution in [-0.2, 0) is 9.84 Å². The van der Waals surface area contributed by atoms with Crippen molar-refractivity contribution in [3.63, 3.8) is 0 Å². The van der Waals surface area contributed by atoms with Crippen LogP contribution in [0, 0.1) is 12.7 Å². The average Bonchev–Trinajstić information content (AvgIpc) is 3.37. The zero-order valence-electron chi connectivity index (χ0n) is 17.8. The Labute approximate surface area is 186 Å². The number of hydrogen-bond donors (Lipinski definition) is 2. The van der Waals surface area contributed by atoms with Crippen LogP contribution in [0.5, 0.6) is 0 Å². The third kappa shape index (κ3) is 4.83. The standard InChI is InChI=1S/C23H26FN3O4S/c1-15-8-9-16(12-19(15)25-23(29)17-6-2-3-7-18(17)24)22(28)26-20-13-32(30,31)14-21(20)27-10-4-5-11-27/h2-3,6-9,12,20-21H,4-5,10-11,13-14H2,1H3,(H,25,29)(H,26,28). The van der Waals surface area contributed by atoms with Crippen LogP contribution in [0.2, 0.25) is 0 Å². The van der Waals surface area contributed by atoms with Crippen molar-refractivity contribution in [3.05, 3.63) is 65.0 Å². The first-order valence-electron chi connectivity index (χ1n) is 10.7. The van der Waals surface area contributed by atoms with E-state index < -0.39 is 33.5 Å². The number of benzene rings is 2. The number of likely N-dealkylation sites (tertiary alicyclic amines) is 1. The van der Waals surface area contributed by atoms with E-state index in [4.69, 9.17) is 0 Å². The van der Waals surface area contributed by atoms with Crippen molar-refractivity contribution in [1.29, 1.82) is 0 Å². The predicted octanol–water partition coefficient (Wildman–Crippen LogP) is 2.38. The van der Waals surface area contributed by atoms with Crippen LogP contribution in [0.15, 0.2) is 42.5 Å². The second-order valence-corrected chi connectivity index (χ2v) is 10.6. The van der Waals surface area contributed by atoms with Gasteiger partial charge in [-0.25, -0.2) is 12.8 Å². The van der Waals surface area contributed by atoms with E-state index in [1.807, 2.05) is 0 Å². The summed E-state index contributed by atoms with van der Waals surface area (Å²) in [7, 11) is -3.22. The summed E-state index contributed by atoms with van der Waals surface area (Å²) in [6.45, 7) is 3.44. The Morgan fingerprint density at radius 1 is 1.03 bits per heavy atom. The van der Waals surface area contributed by atoms with Gasteiger partial charge in [0.15, 0.2) is 9.84 Å². The quantitative estimate of drug-likeness (QED) is 0.716. The lowest BCUT2D eigenvalue weighted by Gasteiger charge is -2.28. The number of rotatable bonds is 5. The number of nitrogens with zero attached hydrogens (tertiary/aromatic N) is 1. The van der Waals surface area contributed by atoms with Gasteiger partial charge in [0.05, 0.1) is 23.1 Å². The van der Waals surface area contributed by atoms with Crippen LogP contribution in [0.1, 0.15) is 39.1 Å². The zero-order chi connectivity index (χ0) is 22.9. The largest absolute Gasteiger partial charge is 0.347 e. The first kappa shape index (κ1) is 22.4. The van der Waals surface area contributed by atoms with Crippen LogP contribution >= 0.6 is 0 Å². The fourth-order valence-electron chi connectivity index (χ4n) is 4.38. The molecule has 2 aromatic rings. The van der Waals surface area contributed by atoms with Gasteiger partial charge in [-0.15, -0.1) is 0 Å². The molecule has 0 spiro atoms. The molecular weight excluding hydrogens is 433 g/mol. The highest BCUT2D eigenvalue weighted by Crippen LogP contribution is 2.24. The molecule has 2 N–H and O–H groups in total. The molecule has 2 heterocycles. The van der Waals surface area contributed by atoms with Gasteiger partial charge < -0.3 is 10.6 Å². The van der Waals surface area contributed by atoms with Crippen molar-refractivity contribution in [2.75, 3.05) is 29.9 Å². The average molecular weight is 460 g/mol. The number of sulfone groups is 1. The van der Waals surface area contributed by atoms with Gasteiger partial charge in [0.25, 0.3) is 11.8 Å². The molecule has 2 aliphatic heterocycles. The van der Waals surface area contributed by atoms with Crippen molar-refractivity contribution < 1.29 is 22.4 Å². The lowest BCUT2D eigenvalue weighted by Crippen LogP contribution is -2.50. The molecule has 4 rings (SSSR count). The number of aryl methyl sites for hydroxylation is 1. The molecule has 32 heavy (non-hydrogen) atoms. The Morgan fingerprint density at radius 3 is 2.47 bits per heavy atom. The molecular formula is C23H26FN3O4S. The van der Waals surface area contributed by atoms with E-state index in [0.29, 0.717) is 16.8 Å². The number of carbonyl (C=O) groups is 2. The van der Waals surface area contributed by atoms with Crippen LogP contribution in [-0.4, -0.2) is 61.8 Å². The molecule has 0 bridgehead atoms. The molecule has 7 nitrogen and oxygen atoms in total. The van der Waals surface area contributed by atoms with Gasteiger partial charge in [0.2, 0.25) is 0 Å². The summed E-state index contributed by atoms with van der Waals surface area (Å²) in [4.78, 5) is 27.6. The Morgan fingerprint density at radius 2 is 1.75 bits per heavy atom. The second-order valence-electron chi connectivity index (χ2n) is 8.43. The highest BCUT2D eigenvalue weighted by molar-refractivity contribution is 7.91. The first-order valence-corrected chi connectivity index (χ1v) is 12.5. The molecule has 2 amide bonds. The summed E-state index contributed by atoms with van der Waals surface area (Å²) < 4.78 is 38.4. The van der Waals surface area contributed by atoms with E-state index >= 15 is 0 Å². The lowest BCUT2D eigenvalue weighted by molar-refractivity contribution is 0.0917. The topological polar surface area (TPSA) is 95.6 Å². The first-order chi connectivity index (χ1) is 15.2. The number of hydrogen-bond acceptors (Lipinski definition) is 5. The third-order valence-corrected chi connectivity index (χ3v) is 7.83. The van der Waals surface area contributed by atoms with Crippen molar-refractivity contribution in [2.45, 2.75) is 31.8 Å². The van der Waals surface area contributed by atoms with E-state index in [1.54, 1.807) is 25.1 Å². The van der Waals surface area contributed by atoms with Gasteiger partial charge in [-0.1, -0.05) is 18.2 Å². The molecule has 0 radical (unpaired) electrons. The summed E-state index contributed by atoms with van der Waals surface area (Å²) >= 11 is 0. The van der Waals surface area contributed by atoms with Gasteiger partial charge in [0.1, 0.15) is 5.82 Å². The van der Waals surface area contributed by atoms with Crippen LogP contribution in [0.3, 0.4) is 0 Å². The van der Waals surface area contributed by atoms with Gasteiger partial charge in [-0.3, -0.25) is 14.5 Å². The molecule has 2 aromatic carbocycles. The number of carbonyl (C=O) groups excluding carboxylic acids is 2. The van der Waals surface area contributed by atoms with E-state index in [2.05, 4.69) is 15.5 Å². The molecule has 2 saturated heterocycles. The van der Waals surface area contributed by atoms with Gasteiger partial charge in [0, 0.05) is 17.3 Å². The van der Waals surface area contributed by atoms with Crippen molar-refractivity contribution in [2.24, 2.45) is 0 Å². The smallest absolute Gasteiger partial charge is 0.258 e. The Kier molecular flexibility index (Phi) is 6.30. The minimum absolute atomic E-state index is 0.0514. The molecule has 9 heteroatoms. The molecule has 2 unspecified atom stereocenters. The summed E-state index contributed by atoms with van der Waals surface area (Å²) in [5.41, 5.74) is 1.31. The highest BCUT2D eigenvalue weighted by atomic mass is 32.2. The molecule has 0 saturated carbocycles. The Bertz CT molecular complexity index is 1150. The van der Waals surface area contributed by atoms with Crippen LogP contribution < -0.4 is 10.6 Å². The van der Waals surface area contributed by atoms with Crippen molar-refractivity contribution >= 4 is 27.3 Å². The van der Waals surface area contributed by atoms with E-state index in [0.717, 1.165) is 25.9 Å². The Balaban J connectivity index is 1.50. The number of amides is 2. The molecule has 0 aliphatic carbocycles.